The van der Waals surface area contributed by atoms with Gasteiger partial charge in [-0.3, -0.25) is 9.59 Å². The molecule has 1 aliphatic carbocycles. The number of hydrogen-bond donors (Lipinski definition) is 6. The van der Waals surface area contributed by atoms with Gasteiger partial charge in [0.05, 0.1) is 111 Å². The fraction of sp³-hybridized carbons (Fsp3) is 0.851. The van der Waals surface area contributed by atoms with Crippen molar-refractivity contribution in [3.8, 4) is 29.1 Å². The summed E-state index contributed by atoms with van der Waals surface area (Å²) in [5.41, 5.74) is 0.643. The smallest absolute Gasteiger partial charge is 0.306 e. The number of ether oxygens (including phenoxy) is 13. The first kappa shape index (κ1) is 72.0. The summed E-state index contributed by atoms with van der Waals surface area (Å²) in [7, 11) is 4.89. The van der Waals surface area contributed by atoms with Crippen molar-refractivity contribution in [3.63, 3.8) is 0 Å². The van der Waals surface area contributed by atoms with Gasteiger partial charge in [0.15, 0.2) is 11.5 Å². The summed E-state index contributed by atoms with van der Waals surface area (Å²) < 4.78 is 74.8. The number of nitrogens with one attached hydrogen (secondary N) is 4. The number of carboxylic acid groups (broad SMARTS) is 1. The van der Waals surface area contributed by atoms with Crippen LogP contribution in [0.25, 0.3) is 0 Å². The lowest BCUT2D eigenvalue weighted by atomic mass is 9.73. The zero-order valence-electron chi connectivity index (χ0n) is 54.6. The maximum absolute atomic E-state index is 14.4. The number of aliphatic carboxylic acids is 1. The maximum Gasteiger partial charge on any atom is 0.306 e. The van der Waals surface area contributed by atoms with E-state index in [9.17, 15) is 19.8 Å². The highest BCUT2D eigenvalue weighted by atomic mass is 16.6. The van der Waals surface area contributed by atoms with Crippen molar-refractivity contribution in [2.45, 2.75) is 167 Å². The fourth-order valence-corrected chi connectivity index (χ4v) is 15.7. The Labute approximate surface area is 525 Å². The quantitative estimate of drug-likeness (QED) is 0.0254. The van der Waals surface area contributed by atoms with E-state index in [4.69, 9.17) is 61.6 Å². The van der Waals surface area contributed by atoms with Crippen LogP contribution < -0.4 is 35.5 Å². The molecule has 8 bridgehead atoms. The van der Waals surface area contributed by atoms with Gasteiger partial charge in [0, 0.05) is 94.8 Å². The van der Waals surface area contributed by atoms with Crippen LogP contribution in [-0.4, -0.2) is 217 Å². The molecule has 502 valence electrons. The van der Waals surface area contributed by atoms with Crippen molar-refractivity contribution in [1.82, 2.24) is 21.3 Å². The Morgan fingerprint density at radius 1 is 0.534 bits per heavy atom. The van der Waals surface area contributed by atoms with Crippen LogP contribution in [-0.2, 0) is 63.6 Å². The number of fused-ring (bicyclic) bond motifs is 8. The van der Waals surface area contributed by atoms with Gasteiger partial charge in [-0.05, 0) is 97.1 Å². The van der Waals surface area contributed by atoms with Crippen molar-refractivity contribution in [2.24, 2.45) is 59.2 Å². The third-order valence-corrected chi connectivity index (χ3v) is 20.2. The van der Waals surface area contributed by atoms with E-state index in [0.717, 1.165) is 25.7 Å². The molecule has 88 heavy (non-hydrogen) atoms. The number of carbonyl (C=O) groups is 2. The molecular weight excluding hydrogens is 1130 g/mol. The molecule has 21 heteroatoms. The van der Waals surface area contributed by atoms with Gasteiger partial charge in [-0.1, -0.05) is 60.3 Å². The fourth-order valence-electron chi connectivity index (χ4n) is 15.7. The summed E-state index contributed by atoms with van der Waals surface area (Å²) in [6.07, 6.45) is 6.37. The van der Waals surface area contributed by atoms with Gasteiger partial charge in [0.25, 0.3) is 0 Å². The van der Waals surface area contributed by atoms with Crippen LogP contribution >= 0.6 is 0 Å². The number of benzene rings is 1. The molecule has 5 heterocycles. The number of unbranched alkanes of at least 4 members (excludes halogenated alkanes) is 1. The van der Waals surface area contributed by atoms with E-state index in [1.54, 1.807) is 21.3 Å². The number of carbonyl (C=O) groups excluding carboxylic acids is 1. The van der Waals surface area contributed by atoms with Crippen LogP contribution in [0.1, 0.15) is 111 Å². The molecule has 19 unspecified atom stereocenters. The van der Waals surface area contributed by atoms with Gasteiger partial charge in [0.1, 0.15) is 26.4 Å². The normalized spacial score (nSPS) is 32.3. The second-order valence-electron chi connectivity index (χ2n) is 25.4. The summed E-state index contributed by atoms with van der Waals surface area (Å²) in [5.74, 6) is 9.90. The molecule has 0 radical (unpaired) electrons. The molecular formula is C67H112N4O17. The van der Waals surface area contributed by atoms with E-state index in [-0.39, 0.29) is 125 Å². The minimum absolute atomic E-state index is 0.00194. The van der Waals surface area contributed by atoms with Crippen molar-refractivity contribution in [3.05, 3.63) is 17.7 Å². The molecule has 6 fully saturated rings. The second kappa shape index (κ2) is 38.5. The molecule has 6 aliphatic rings. The van der Waals surface area contributed by atoms with Gasteiger partial charge in [-0.15, -0.1) is 5.92 Å². The average molecular weight is 1250 g/mol. The largest absolute Gasteiger partial charge is 0.487 e. The van der Waals surface area contributed by atoms with Crippen LogP contribution in [0.15, 0.2) is 12.1 Å². The van der Waals surface area contributed by atoms with Gasteiger partial charge in [-0.2, -0.15) is 0 Å². The van der Waals surface area contributed by atoms with Crippen LogP contribution in [0.4, 0.5) is 0 Å². The summed E-state index contributed by atoms with van der Waals surface area (Å²) in [6, 6.07) is 5.20. The molecule has 1 aromatic rings. The monoisotopic (exact) mass is 1240 g/mol. The van der Waals surface area contributed by atoms with Crippen molar-refractivity contribution in [2.75, 3.05) is 140 Å². The molecule has 5 saturated heterocycles. The van der Waals surface area contributed by atoms with E-state index in [1.165, 1.54) is 0 Å². The van der Waals surface area contributed by atoms with Crippen LogP contribution in [0.5, 0.6) is 17.2 Å². The predicted octanol–water partition coefficient (Wildman–Crippen LogP) is 5.93. The lowest BCUT2D eigenvalue weighted by Gasteiger charge is -2.33. The average Bonchev–Trinajstić information content (AvgIpc) is 1.85. The molecule has 19 atom stereocenters. The number of hydrogen-bond acceptors (Lipinski definition) is 20. The highest BCUT2D eigenvalue weighted by Gasteiger charge is 2.59. The number of aliphatic hydroxyl groups is 1. The molecule has 6 N–H and O–H groups in total. The maximum atomic E-state index is 14.4. The minimum Gasteiger partial charge on any atom is -0.487 e. The zero-order valence-corrected chi connectivity index (χ0v) is 54.6. The van der Waals surface area contributed by atoms with E-state index in [2.05, 4.69) is 74.7 Å². The summed E-state index contributed by atoms with van der Waals surface area (Å²) in [6.45, 7) is 20.9. The van der Waals surface area contributed by atoms with Gasteiger partial charge < -0.3 is 93.1 Å². The number of aliphatic hydroxyl groups excluding tert-OH is 1. The molecule has 0 aromatic heterocycles. The van der Waals surface area contributed by atoms with Crippen LogP contribution in [0.2, 0.25) is 0 Å². The Morgan fingerprint density at radius 3 is 1.56 bits per heavy atom. The molecule has 21 nitrogen and oxygen atoms in total. The van der Waals surface area contributed by atoms with E-state index < -0.39 is 12.1 Å². The molecule has 5 aliphatic heterocycles. The SMILES string of the molecule is CCC1C2CC3NC4C(CC(O)C4C3C)C3NC(C(C)C3CCC(=O)OCc3cc(OCCOCCOCCOC)c(OCCOCCOCCOC)c(OCCOCCOCCOC)c3)C(C#CCCCC(=O)O)C3NC(CC(N2)C1C)C(CC)C3C. The third-order valence-electron chi connectivity index (χ3n) is 20.2. The number of rotatable bonds is 40. The van der Waals surface area contributed by atoms with E-state index in [1.807, 2.05) is 12.1 Å². The van der Waals surface area contributed by atoms with Gasteiger partial charge >= 0.3 is 11.9 Å². The van der Waals surface area contributed by atoms with E-state index >= 15 is 0 Å². The predicted molar refractivity (Wildman–Crippen MR) is 333 cm³/mol. The van der Waals surface area contributed by atoms with Gasteiger partial charge in [0.2, 0.25) is 5.75 Å². The Balaban J connectivity index is 1.11. The number of esters is 1. The lowest BCUT2D eigenvalue weighted by molar-refractivity contribution is -0.145. The molecule has 1 saturated carbocycles. The Morgan fingerprint density at radius 2 is 1.01 bits per heavy atom. The molecule has 1 aromatic carbocycles. The van der Waals surface area contributed by atoms with Gasteiger partial charge in [-0.25, -0.2) is 0 Å². The van der Waals surface area contributed by atoms with Crippen molar-refractivity contribution in [1.29, 1.82) is 0 Å². The van der Waals surface area contributed by atoms with Crippen molar-refractivity contribution < 1.29 is 81.4 Å². The minimum atomic E-state index is -0.810. The van der Waals surface area contributed by atoms with Crippen LogP contribution in [0, 0.1) is 71.0 Å². The topological polar surface area (TPSA) is 243 Å². The highest BCUT2D eigenvalue weighted by Crippen LogP contribution is 2.51. The Kier molecular flexibility index (Phi) is 31.5. The first-order valence-electron chi connectivity index (χ1n) is 33.4. The van der Waals surface area contributed by atoms with Crippen molar-refractivity contribution >= 4 is 11.9 Å². The van der Waals surface area contributed by atoms with Crippen LogP contribution in [0.3, 0.4) is 0 Å². The standard InChI is InChI=1S/C67H112N4O17/c1-10-48-43(3)53-40-56-49(11-2)44(4)63(70-56)51(15-13-12-14-16-60(73)74)64-45(5)50(65(71-64)52-39-57(72)62-46(6)54(69-66(52)62)41-55(48)68-53)17-18-61(75)88-42-47-37-58(85-34-31-82-28-25-79-22-19-76-7)67(87-36-33-84-30-27-81-24-21-78-9)59(38-47)86-35-32-83-29-26-80-23-20-77-8/h37-38,43-46,48-57,62-66,68-72H,10-12,14,16-36,39-42H2,1-9H3,(H,73,74). The molecule has 0 spiro atoms. The van der Waals surface area contributed by atoms with E-state index in [0.29, 0.717) is 175 Å². The Hall–Kier alpha value is -3.44. The first-order chi connectivity index (χ1) is 42.8. The summed E-state index contributed by atoms with van der Waals surface area (Å²) in [5, 5.41) is 38.7. The molecule has 7 rings (SSSR count). The zero-order chi connectivity index (χ0) is 62.8. The molecule has 0 amide bonds. The number of methoxy groups -OCH3 is 3. The highest BCUT2D eigenvalue weighted by molar-refractivity contribution is 5.69. The number of carboxylic acids is 1. The first-order valence-corrected chi connectivity index (χ1v) is 33.4. The lowest BCUT2D eigenvalue weighted by Crippen LogP contribution is -2.51. The summed E-state index contributed by atoms with van der Waals surface area (Å²) in [4.78, 5) is 26.0. The Bertz CT molecular complexity index is 2200. The summed E-state index contributed by atoms with van der Waals surface area (Å²) >= 11 is 0. The third kappa shape index (κ3) is 20.5. The second-order valence-corrected chi connectivity index (χ2v) is 25.4.